The molecule has 1 heterocycles. The molecular formula is C11H24N2O. The summed E-state index contributed by atoms with van der Waals surface area (Å²) >= 11 is 0. The molecule has 0 bridgehead atoms. The van der Waals surface area contributed by atoms with Crippen molar-refractivity contribution in [1.82, 2.24) is 4.90 Å². The van der Waals surface area contributed by atoms with E-state index in [0.717, 1.165) is 32.7 Å². The van der Waals surface area contributed by atoms with Crippen LogP contribution in [0, 0.1) is 0 Å². The number of nitrogens with zero attached hydrogens (tertiary/aromatic N) is 1. The van der Waals surface area contributed by atoms with Crippen molar-refractivity contribution in [3.63, 3.8) is 0 Å². The normalized spacial score (nSPS) is 24.0. The molecule has 0 aliphatic carbocycles. The van der Waals surface area contributed by atoms with Crippen LogP contribution in [-0.2, 0) is 4.74 Å². The molecule has 1 saturated heterocycles. The summed E-state index contributed by atoms with van der Waals surface area (Å²) in [5.41, 5.74) is 5.53. The molecule has 1 aliphatic heterocycles. The van der Waals surface area contributed by atoms with Gasteiger partial charge in [-0.15, -0.1) is 0 Å². The lowest BCUT2D eigenvalue weighted by molar-refractivity contribution is -0.0310. The Bertz CT molecular complexity index is 139. The van der Waals surface area contributed by atoms with Gasteiger partial charge in [0.1, 0.15) is 0 Å². The lowest BCUT2D eigenvalue weighted by Crippen LogP contribution is -2.43. The maximum atomic E-state index is 5.63. The number of hydrogen-bond acceptors (Lipinski definition) is 3. The van der Waals surface area contributed by atoms with Gasteiger partial charge in [-0.2, -0.15) is 0 Å². The zero-order valence-electron chi connectivity index (χ0n) is 9.37. The maximum absolute atomic E-state index is 5.63. The predicted molar refractivity (Wildman–Crippen MR) is 59.4 cm³/mol. The highest BCUT2D eigenvalue weighted by atomic mass is 16.5. The van der Waals surface area contributed by atoms with E-state index in [1.165, 1.54) is 25.8 Å². The van der Waals surface area contributed by atoms with Crippen LogP contribution in [0.1, 0.15) is 32.6 Å². The van der Waals surface area contributed by atoms with Gasteiger partial charge in [-0.1, -0.05) is 19.8 Å². The van der Waals surface area contributed by atoms with E-state index in [9.17, 15) is 0 Å². The highest BCUT2D eigenvalue weighted by Crippen LogP contribution is 2.09. The number of morpholine rings is 1. The van der Waals surface area contributed by atoms with E-state index in [2.05, 4.69) is 11.8 Å². The van der Waals surface area contributed by atoms with Crippen molar-refractivity contribution in [2.45, 2.75) is 38.7 Å². The molecule has 0 spiro atoms. The van der Waals surface area contributed by atoms with E-state index in [0.29, 0.717) is 6.10 Å². The number of ether oxygens (including phenoxy) is 1. The average Bonchev–Trinajstić information content (AvgIpc) is 2.19. The Balaban J connectivity index is 2.12. The lowest BCUT2D eigenvalue weighted by Gasteiger charge is -2.32. The number of unbranched alkanes of at least 4 members (excludes halogenated alkanes) is 2. The van der Waals surface area contributed by atoms with Gasteiger partial charge < -0.3 is 10.5 Å². The average molecular weight is 200 g/mol. The molecule has 84 valence electrons. The molecule has 1 rings (SSSR count). The highest BCUT2D eigenvalue weighted by molar-refractivity contribution is 4.71. The first-order valence-corrected chi connectivity index (χ1v) is 5.90. The first-order valence-electron chi connectivity index (χ1n) is 5.90. The fraction of sp³-hybridized carbons (Fsp3) is 1.00. The van der Waals surface area contributed by atoms with E-state index in [4.69, 9.17) is 10.5 Å². The number of rotatable bonds is 6. The van der Waals surface area contributed by atoms with Gasteiger partial charge in [0.25, 0.3) is 0 Å². The van der Waals surface area contributed by atoms with Gasteiger partial charge in [0.15, 0.2) is 0 Å². The Morgan fingerprint density at radius 2 is 2.29 bits per heavy atom. The Labute approximate surface area is 87.6 Å². The molecule has 0 radical (unpaired) electrons. The number of hydrogen-bond donors (Lipinski definition) is 1. The molecule has 14 heavy (non-hydrogen) atoms. The first-order chi connectivity index (χ1) is 6.86. The largest absolute Gasteiger partial charge is 0.376 e. The van der Waals surface area contributed by atoms with Gasteiger partial charge in [0.2, 0.25) is 0 Å². The molecule has 1 unspecified atom stereocenters. The standard InChI is InChI=1S/C11H24N2O/c1-2-3-4-7-13-8-9-14-11(10-13)5-6-12/h11H,2-10,12H2,1H3. The third kappa shape index (κ3) is 4.40. The fourth-order valence-electron chi connectivity index (χ4n) is 1.93. The van der Waals surface area contributed by atoms with Gasteiger partial charge in [-0.3, -0.25) is 4.90 Å². The molecule has 2 N–H and O–H groups in total. The monoisotopic (exact) mass is 200 g/mol. The SMILES string of the molecule is CCCCCN1CCOC(CCN)C1. The first kappa shape index (κ1) is 12.0. The lowest BCUT2D eigenvalue weighted by atomic mass is 10.2. The second-order valence-electron chi connectivity index (χ2n) is 4.08. The molecule has 3 nitrogen and oxygen atoms in total. The second kappa shape index (κ2) is 7.21. The fourth-order valence-corrected chi connectivity index (χ4v) is 1.93. The van der Waals surface area contributed by atoms with E-state index in [1.54, 1.807) is 0 Å². The molecule has 0 saturated carbocycles. The van der Waals surface area contributed by atoms with Crippen LogP contribution in [0.4, 0.5) is 0 Å². The van der Waals surface area contributed by atoms with Crippen LogP contribution in [0.2, 0.25) is 0 Å². The van der Waals surface area contributed by atoms with E-state index in [1.807, 2.05) is 0 Å². The Kier molecular flexibility index (Phi) is 6.15. The molecular weight excluding hydrogens is 176 g/mol. The minimum Gasteiger partial charge on any atom is -0.376 e. The molecule has 0 aromatic carbocycles. The third-order valence-electron chi connectivity index (χ3n) is 2.79. The number of nitrogens with two attached hydrogens (primary N) is 1. The quantitative estimate of drug-likeness (QED) is 0.655. The summed E-state index contributed by atoms with van der Waals surface area (Å²) in [5.74, 6) is 0. The molecule has 1 fully saturated rings. The van der Waals surface area contributed by atoms with Gasteiger partial charge in [0, 0.05) is 13.1 Å². The van der Waals surface area contributed by atoms with E-state index < -0.39 is 0 Å². The Morgan fingerprint density at radius 3 is 3.00 bits per heavy atom. The van der Waals surface area contributed by atoms with Crippen molar-refractivity contribution in [3.8, 4) is 0 Å². The van der Waals surface area contributed by atoms with Crippen LogP contribution < -0.4 is 5.73 Å². The molecule has 1 atom stereocenters. The predicted octanol–water partition coefficient (Wildman–Crippen LogP) is 1.23. The van der Waals surface area contributed by atoms with Crippen molar-refractivity contribution < 1.29 is 4.74 Å². The summed E-state index contributed by atoms with van der Waals surface area (Å²) in [6.07, 6.45) is 5.36. The summed E-state index contributed by atoms with van der Waals surface area (Å²) in [5, 5.41) is 0. The van der Waals surface area contributed by atoms with Crippen molar-refractivity contribution in [2.24, 2.45) is 5.73 Å². The molecule has 0 aromatic heterocycles. The Hall–Kier alpha value is -0.120. The van der Waals surface area contributed by atoms with Gasteiger partial charge in [0.05, 0.1) is 12.7 Å². The summed E-state index contributed by atoms with van der Waals surface area (Å²) in [4.78, 5) is 2.51. The second-order valence-corrected chi connectivity index (χ2v) is 4.08. The van der Waals surface area contributed by atoms with Gasteiger partial charge in [-0.25, -0.2) is 0 Å². The summed E-state index contributed by atoms with van der Waals surface area (Å²) in [7, 11) is 0. The molecule has 1 aliphatic rings. The van der Waals surface area contributed by atoms with Gasteiger partial charge in [-0.05, 0) is 25.9 Å². The van der Waals surface area contributed by atoms with E-state index in [-0.39, 0.29) is 0 Å². The minimum atomic E-state index is 0.385. The van der Waals surface area contributed by atoms with Crippen LogP contribution in [0.3, 0.4) is 0 Å². The van der Waals surface area contributed by atoms with E-state index >= 15 is 0 Å². The van der Waals surface area contributed by atoms with Crippen LogP contribution in [0.15, 0.2) is 0 Å². The topological polar surface area (TPSA) is 38.5 Å². The van der Waals surface area contributed by atoms with Crippen molar-refractivity contribution in [3.05, 3.63) is 0 Å². The molecule has 0 aromatic rings. The van der Waals surface area contributed by atoms with Crippen LogP contribution in [-0.4, -0.2) is 43.8 Å². The van der Waals surface area contributed by atoms with Crippen LogP contribution >= 0.6 is 0 Å². The summed E-state index contributed by atoms with van der Waals surface area (Å²) < 4.78 is 5.63. The van der Waals surface area contributed by atoms with Crippen molar-refractivity contribution in [2.75, 3.05) is 32.8 Å². The van der Waals surface area contributed by atoms with Crippen LogP contribution in [0.5, 0.6) is 0 Å². The maximum Gasteiger partial charge on any atom is 0.0714 e. The summed E-state index contributed by atoms with van der Waals surface area (Å²) in [6.45, 7) is 7.30. The zero-order chi connectivity index (χ0) is 10.2. The molecule has 3 heteroatoms. The highest BCUT2D eigenvalue weighted by Gasteiger charge is 2.18. The van der Waals surface area contributed by atoms with Gasteiger partial charge >= 0.3 is 0 Å². The Morgan fingerprint density at radius 1 is 1.43 bits per heavy atom. The van der Waals surface area contributed by atoms with Crippen molar-refractivity contribution >= 4 is 0 Å². The zero-order valence-corrected chi connectivity index (χ0v) is 9.37. The minimum absolute atomic E-state index is 0.385. The van der Waals surface area contributed by atoms with Crippen LogP contribution in [0.25, 0.3) is 0 Å². The third-order valence-corrected chi connectivity index (χ3v) is 2.79. The smallest absolute Gasteiger partial charge is 0.0714 e. The summed E-state index contributed by atoms with van der Waals surface area (Å²) in [6, 6.07) is 0. The van der Waals surface area contributed by atoms with Crippen molar-refractivity contribution in [1.29, 1.82) is 0 Å². The molecule has 0 amide bonds.